The van der Waals surface area contributed by atoms with Crippen molar-refractivity contribution in [2.45, 2.75) is 39.2 Å². The van der Waals surface area contributed by atoms with Crippen molar-refractivity contribution in [3.63, 3.8) is 0 Å². The number of aliphatic hydroxyl groups is 1. The number of carbonyl (C=O) groups excluding carboxylic acids is 1. The summed E-state index contributed by atoms with van der Waals surface area (Å²) in [4.78, 5) is 11.8. The Balaban J connectivity index is 2.47. The molecule has 0 fully saturated rings. The Bertz CT molecular complexity index is 420. The van der Waals surface area contributed by atoms with E-state index in [-0.39, 0.29) is 24.7 Å². The van der Waals surface area contributed by atoms with Gasteiger partial charge in [-0.2, -0.15) is 0 Å². The fraction of sp³-hybridized carbons (Fsp3) is 0.533. The number of aryl methyl sites for hydroxylation is 1. The number of nitrogens with one attached hydrogen (secondary N) is 1. The van der Waals surface area contributed by atoms with Crippen molar-refractivity contribution in [3.8, 4) is 5.75 Å². The Kier molecular flexibility index (Phi) is 5.83. The largest absolute Gasteiger partial charge is 0.484 e. The highest BCUT2D eigenvalue weighted by atomic mass is 16.5. The predicted molar refractivity (Wildman–Crippen MR) is 75.2 cm³/mol. The molecule has 1 rings (SSSR count). The Morgan fingerprint density at radius 1 is 1.47 bits per heavy atom. The molecule has 0 radical (unpaired) electrons. The van der Waals surface area contributed by atoms with Crippen LogP contribution in [0.3, 0.4) is 0 Å². The SMILES string of the molecule is CCC(C)(CCO)NC(=O)COc1cccc(C)c1. The van der Waals surface area contributed by atoms with Gasteiger partial charge in [0.15, 0.2) is 6.61 Å². The molecule has 0 aliphatic carbocycles. The number of amides is 1. The Morgan fingerprint density at radius 3 is 2.79 bits per heavy atom. The Labute approximate surface area is 114 Å². The molecule has 0 heterocycles. The molecule has 19 heavy (non-hydrogen) atoms. The molecular formula is C15H23NO3. The molecule has 0 saturated carbocycles. The van der Waals surface area contributed by atoms with Crippen LogP contribution >= 0.6 is 0 Å². The van der Waals surface area contributed by atoms with Gasteiger partial charge in [-0.1, -0.05) is 19.1 Å². The Hall–Kier alpha value is -1.55. The van der Waals surface area contributed by atoms with Crippen molar-refractivity contribution in [1.82, 2.24) is 5.32 Å². The number of benzene rings is 1. The summed E-state index contributed by atoms with van der Waals surface area (Å²) in [5.41, 5.74) is 0.721. The lowest BCUT2D eigenvalue weighted by Crippen LogP contribution is -2.47. The lowest BCUT2D eigenvalue weighted by molar-refractivity contribution is -0.125. The maximum absolute atomic E-state index is 11.8. The van der Waals surface area contributed by atoms with Gasteiger partial charge in [0.1, 0.15) is 5.75 Å². The summed E-state index contributed by atoms with van der Waals surface area (Å²) >= 11 is 0. The van der Waals surface area contributed by atoms with Crippen LogP contribution in [0.5, 0.6) is 5.75 Å². The van der Waals surface area contributed by atoms with Gasteiger partial charge in [-0.05, 0) is 44.4 Å². The summed E-state index contributed by atoms with van der Waals surface area (Å²) in [6.45, 7) is 5.93. The molecule has 1 atom stereocenters. The predicted octanol–water partition coefficient (Wildman–Crippen LogP) is 2.04. The van der Waals surface area contributed by atoms with Crippen molar-refractivity contribution in [3.05, 3.63) is 29.8 Å². The number of aliphatic hydroxyl groups excluding tert-OH is 1. The number of carbonyl (C=O) groups is 1. The smallest absolute Gasteiger partial charge is 0.258 e. The average molecular weight is 265 g/mol. The van der Waals surface area contributed by atoms with Crippen LogP contribution in [-0.4, -0.2) is 29.8 Å². The van der Waals surface area contributed by atoms with Crippen molar-refractivity contribution in [2.24, 2.45) is 0 Å². The molecule has 0 aliphatic rings. The van der Waals surface area contributed by atoms with E-state index < -0.39 is 0 Å². The summed E-state index contributed by atoms with van der Waals surface area (Å²) in [5, 5.41) is 11.9. The summed E-state index contributed by atoms with van der Waals surface area (Å²) in [7, 11) is 0. The minimum Gasteiger partial charge on any atom is -0.484 e. The van der Waals surface area contributed by atoms with Crippen LogP contribution in [0, 0.1) is 6.92 Å². The van der Waals surface area contributed by atoms with Gasteiger partial charge in [0, 0.05) is 12.1 Å². The van der Waals surface area contributed by atoms with Gasteiger partial charge in [0.05, 0.1) is 0 Å². The maximum atomic E-state index is 11.8. The van der Waals surface area contributed by atoms with Crippen molar-refractivity contribution in [1.29, 1.82) is 0 Å². The van der Waals surface area contributed by atoms with Crippen molar-refractivity contribution < 1.29 is 14.6 Å². The average Bonchev–Trinajstić information content (AvgIpc) is 2.37. The van der Waals surface area contributed by atoms with Crippen LogP contribution in [0.25, 0.3) is 0 Å². The number of rotatable bonds is 7. The fourth-order valence-electron chi connectivity index (χ4n) is 1.80. The second-order valence-electron chi connectivity index (χ2n) is 5.04. The topological polar surface area (TPSA) is 58.6 Å². The molecule has 4 nitrogen and oxygen atoms in total. The third kappa shape index (κ3) is 5.30. The Morgan fingerprint density at radius 2 is 2.21 bits per heavy atom. The van der Waals surface area contributed by atoms with Gasteiger partial charge in [0.2, 0.25) is 0 Å². The second kappa shape index (κ2) is 7.14. The van der Waals surface area contributed by atoms with Gasteiger partial charge in [-0.25, -0.2) is 0 Å². The zero-order valence-corrected chi connectivity index (χ0v) is 11.9. The van der Waals surface area contributed by atoms with Gasteiger partial charge < -0.3 is 15.2 Å². The first-order valence-electron chi connectivity index (χ1n) is 6.60. The van der Waals surface area contributed by atoms with E-state index in [9.17, 15) is 4.79 Å². The lowest BCUT2D eigenvalue weighted by Gasteiger charge is -2.28. The standard InChI is InChI=1S/C15H23NO3/c1-4-15(3,8-9-17)16-14(18)11-19-13-7-5-6-12(2)10-13/h5-7,10,17H,4,8-9,11H2,1-3H3,(H,16,18). The lowest BCUT2D eigenvalue weighted by atomic mass is 9.95. The molecule has 1 amide bonds. The molecule has 2 N–H and O–H groups in total. The minimum absolute atomic E-state index is 0.00945. The van der Waals surface area contributed by atoms with Crippen LogP contribution in [-0.2, 0) is 4.79 Å². The van der Waals surface area contributed by atoms with Crippen LogP contribution < -0.4 is 10.1 Å². The van der Waals surface area contributed by atoms with E-state index in [0.29, 0.717) is 12.2 Å². The summed E-state index contributed by atoms with van der Waals surface area (Å²) in [6, 6.07) is 7.58. The molecule has 0 saturated heterocycles. The molecule has 1 aromatic rings. The maximum Gasteiger partial charge on any atom is 0.258 e. The number of hydrogen-bond donors (Lipinski definition) is 2. The molecule has 0 bridgehead atoms. The van der Waals surface area contributed by atoms with Gasteiger partial charge in [-0.15, -0.1) is 0 Å². The quantitative estimate of drug-likeness (QED) is 0.793. The first-order chi connectivity index (χ1) is 8.99. The zero-order chi connectivity index (χ0) is 14.3. The minimum atomic E-state index is -0.373. The van der Waals surface area contributed by atoms with Crippen molar-refractivity contribution >= 4 is 5.91 Å². The molecule has 0 aliphatic heterocycles. The fourth-order valence-corrected chi connectivity index (χ4v) is 1.80. The highest BCUT2D eigenvalue weighted by Gasteiger charge is 2.23. The third-order valence-electron chi connectivity index (χ3n) is 3.24. The highest BCUT2D eigenvalue weighted by Crippen LogP contribution is 2.14. The van der Waals surface area contributed by atoms with E-state index in [1.54, 1.807) is 0 Å². The normalized spacial score (nSPS) is 13.7. The molecule has 1 unspecified atom stereocenters. The van der Waals surface area contributed by atoms with E-state index in [4.69, 9.17) is 9.84 Å². The van der Waals surface area contributed by atoms with Crippen LogP contribution in [0.4, 0.5) is 0 Å². The molecule has 0 spiro atoms. The first-order valence-corrected chi connectivity index (χ1v) is 6.60. The summed E-state index contributed by atoms with van der Waals surface area (Å²) in [5.74, 6) is 0.523. The van der Waals surface area contributed by atoms with Gasteiger partial charge in [0.25, 0.3) is 5.91 Å². The monoisotopic (exact) mass is 265 g/mol. The molecule has 106 valence electrons. The van der Waals surface area contributed by atoms with E-state index in [2.05, 4.69) is 5.32 Å². The van der Waals surface area contributed by atoms with Gasteiger partial charge in [-0.3, -0.25) is 4.79 Å². The van der Waals surface area contributed by atoms with E-state index in [0.717, 1.165) is 12.0 Å². The van der Waals surface area contributed by atoms with Crippen LogP contribution in [0.1, 0.15) is 32.3 Å². The summed E-state index contributed by atoms with van der Waals surface area (Å²) < 4.78 is 5.44. The number of ether oxygens (including phenoxy) is 1. The molecule has 1 aromatic carbocycles. The molecular weight excluding hydrogens is 242 g/mol. The molecule has 0 aromatic heterocycles. The number of hydrogen-bond acceptors (Lipinski definition) is 3. The van der Waals surface area contributed by atoms with E-state index in [1.807, 2.05) is 45.0 Å². The first kappa shape index (κ1) is 15.5. The van der Waals surface area contributed by atoms with Crippen molar-refractivity contribution in [2.75, 3.05) is 13.2 Å². The molecule has 4 heteroatoms. The van der Waals surface area contributed by atoms with Crippen LogP contribution in [0.15, 0.2) is 24.3 Å². The zero-order valence-electron chi connectivity index (χ0n) is 11.9. The third-order valence-corrected chi connectivity index (χ3v) is 3.24. The second-order valence-corrected chi connectivity index (χ2v) is 5.04. The highest BCUT2D eigenvalue weighted by molar-refractivity contribution is 5.78. The van der Waals surface area contributed by atoms with E-state index >= 15 is 0 Å². The van der Waals surface area contributed by atoms with Crippen LogP contribution in [0.2, 0.25) is 0 Å². The van der Waals surface area contributed by atoms with E-state index in [1.165, 1.54) is 0 Å². The summed E-state index contributed by atoms with van der Waals surface area (Å²) in [6.07, 6.45) is 1.31. The van der Waals surface area contributed by atoms with Gasteiger partial charge >= 0.3 is 0 Å².